The fourth-order valence-electron chi connectivity index (χ4n) is 3.32. The minimum Gasteiger partial charge on any atom is -0.378 e. The van der Waals surface area contributed by atoms with Gasteiger partial charge in [-0.25, -0.2) is 17.4 Å². The van der Waals surface area contributed by atoms with Crippen molar-refractivity contribution >= 4 is 27.4 Å². The van der Waals surface area contributed by atoms with Crippen LogP contribution in [0.3, 0.4) is 0 Å². The lowest BCUT2D eigenvalue weighted by Gasteiger charge is -2.29. The van der Waals surface area contributed by atoms with E-state index in [0.29, 0.717) is 38.3 Å². The maximum absolute atomic E-state index is 12.6. The normalized spacial score (nSPS) is 16.1. The topological polar surface area (TPSA) is 87.5 Å². The van der Waals surface area contributed by atoms with Crippen molar-refractivity contribution in [2.45, 2.75) is 19.4 Å². The molecule has 0 radical (unpaired) electrons. The zero-order valence-electron chi connectivity index (χ0n) is 16.5. The van der Waals surface area contributed by atoms with Gasteiger partial charge in [-0.1, -0.05) is 12.1 Å². The molecule has 0 saturated carbocycles. The van der Waals surface area contributed by atoms with Crippen molar-refractivity contribution in [2.24, 2.45) is 5.92 Å². The Morgan fingerprint density at radius 2 is 1.82 bits per heavy atom. The van der Waals surface area contributed by atoms with Crippen LogP contribution in [0.5, 0.6) is 0 Å². The Morgan fingerprint density at radius 1 is 1.18 bits per heavy atom. The summed E-state index contributed by atoms with van der Waals surface area (Å²) >= 11 is 0. The van der Waals surface area contributed by atoms with Crippen molar-refractivity contribution in [3.05, 3.63) is 42.1 Å². The smallest absolute Gasteiger partial charge is 0.228 e. The number of anilines is 2. The molecule has 0 bridgehead atoms. The first-order valence-electron chi connectivity index (χ1n) is 9.28. The summed E-state index contributed by atoms with van der Waals surface area (Å²) in [5.74, 6) is 0.366. The highest BCUT2D eigenvalue weighted by atomic mass is 32.2. The number of hydrogen-bond donors (Lipinski definition) is 1. The molecule has 0 unspecified atom stereocenters. The maximum Gasteiger partial charge on any atom is 0.228 e. The van der Waals surface area contributed by atoms with E-state index in [1.165, 1.54) is 10.6 Å². The average Bonchev–Trinajstić information content (AvgIpc) is 3.08. The van der Waals surface area contributed by atoms with Crippen LogP contribution in [0.2, 0.25) is 0 Å². The molecule has 1 aliphatic heterocycles. The first kappa shape index (κ1) is 20.3. The highest BCUT2D eigenvalue weighted by Gasteiger charge is 2.29. The van der Waals surface area contributed by atoms with E-state index in [4.69, 9.17) is 0 Å². The summed E-state index contributed by atoms with van der Waals surface area (Å²) in [7, 11) is 0.803. The van der Waals surface area contributed by atoms with Crippen molar-refractivity contribution in [3.8, 4) is 0 Å². The number of nitrogens with zero attached hydrogens (tertiary/aromatic N) is 4. The SMILES string of the molecule is CN(C)c1ccc(Cn2nccc2NC(=O)C2CCN(S(C)(=O)=O)CC2)cc1. The van der Waals surface area contributed by atoms with Gasteiger partial charge >= 0.3 is 0 Å². The van der Waals surface area contributed by atoms with Crippen LogP contribution in [-0.2, 0) is 21.4 Å². The number of sulfonamides is 1. The standard InChI is InChI=1S/C19H27N5O3S/c1-22(2)17-6-4-15(5-7-17)14-24-18(8-11-20-24)21-19(25)16-9-12-23(13-10-16)28(3,26)27/h4-8,11,16H,9-10,12-14H2,1-3H3,(H,21,25). The van der Waals surface area contributed by atoms with E-state index in [1.54, 1.807) is 16.9 Å². The van der Waals surface area contributed by atoms with E-state index < -0.39 is 10.0 Å². The summed E-state index contributed by atoms with van der Waals surface area (Å²) in [5.41, 5.74) is 2.21. The largest absolute Gasteiger partial charge is 0.378 e. The molecule has 0 atom stereocenters. The van der Waals surface area contributed by atoms with Crippen molar-refractivity contribution in [1.29, 1.82) is 0 Å². The summed E-state index contributed by atoms with van der Waals surface area (Å²) in [6.45, 7) is 1.33. The molecule has 3 rings (SSSR count). The molecule has 1 amide bonds. The van der Waals surface area contributed by atoms with E-state index in [2.05, 4.69) is 10.4 Å². The monoisotopic (exact) mass is 405 g/mol. The lowest BCUT2D eigenvalue weighted by Crippen LogP contribution is -2.41. The molecule has 2 aromatic rings. The fraction of sp³-hybridized carbons (Fsp3) is 0.474. The van der Waals surface area contributed by atoms with Crippen molar-refractivity contribution in [2.75, 3.05) is 43.7 Å². The Bertz CT molecular complexity index is 913. The summed E-state index contributed by atoms with van der Waals surface area (Å²) in [6.07, 6.45) is 3.92. The maximum atomic E-state index is 12.6. The van der Waals surface area contributed by atoms with Gasteiger partial charge in [-0.05, 0) is 30.5 Å². The number of hydrogen-bond acceptors (Lipinski definition) is 5. The highest BCUT2D eigenvalue weighted by molar-refractivity contribution is 7.88. The van der Waals surface area contributed by atoms with Crippen LogP contribution >= 0.6 is 0 Å². The average molecular weight is 406 g/mol. The van der Waals surface area contributed by atoms with E-state index in [-0.39, 0.29) is 11.8 Å². The Morgan fingerprint density at radius 3 is 2.39 bits per heavy atom. The van der Waals surface area contributed by atoms with Crippen LogP contribution in [0.1, 0.15) is 18.4 Å². The van der Waals surface area contributed by atoms with Crippen LogP contribution in [0.25, 0.3) is 0 Å². The molecular formula is C19H27N5O3S. The van der Waals surface area contributed by atoms with Gasteiger partial charge in [0.25, 0.3) is 0 Å². The van der Waals surface area contributed by atoms with Gasteiger partial charge in [-0.3, -0.25) is 4.79 Å². The van der Waals surface area contributed by atoms with Crippen LogP contribution in [0, 0.1) is 5.92 Å². The molecule has 28 heavy (non-hydrogen) atoms. The van der Waals surface area contributed by atoms with Crippen LogP contribution in [0.4, 0.5) is 11.5 Å². The minimum absolute atomic E-state index is 0.0853. The lowest BCUT2D eigenvalue weighted by molar-refractivity contribution is -0.121. The van der Waals surface area contributed by atoms with Crippen molar-refractivity contribution < 1.29 is 13.2 Å². The first-order valence-corrected chi connectivity index (χ1v) is 11.1. The summed E-state index contributed by atoms with van der Waals surface area (Å²) in [4.78, 5) is 14.7. The molecular weight excluding hydrogens is 378 g/mol. The van der Waals surface area contributed by atoms with Crippen LogP contribution in [-0.4, -0.2) is 61.9 Å². The molecule has 152 valence electrons. The third kappa shape index (κ3) is 4.90. The number of benzene rings is 1. The Balaban J connectivity index is 1.60. The molecule has 0 aliphatic carbocycles. The molecule has 9 heteroatoms. The second kappa shape index (κ2) is 8.32. The minimum atomic E-state index is -3.19. The third-order valence-electron chi connectivity index (χ3n) is 5.05. The van der Waals surface area contributed by atoms with Gasteiger partial charge in [0.2, 0.25) is 15.9 Å². The predicted octanol–water partition coefficient (Wildman–Crippen LogP) is 1.61. The Hall–Kier alpha value is -2.39. The second-order valence-corrected chi connectivity index (χ2v) is 9.34. The quantitative estimate of drug-likeness (QED) is 0.789. The van der Waals surface area contributed by atoms with E-state index in [0.717, 1.165) is 11.3 Å². The van der Waals surface area contributed by atoms with Gasteiger partial charge < -0.3 is 10.2 Å². The Kier molecular flexibility index (Phi) is 6.04. The number of rotatable bonds is 6. The molecule has 8 nitrogen and oxygen atoms in total. The summed E-state index contributed by atoms with van der Waals surface area (Å²) in [6, 6.07) is 9.96. The zero-order chi connectivity index (χ0) is 20.3. The first-order chi connectivity index (χ1) is 13.2. The molecule has 1 aliphatic rings. The molecule has 2 heterocycles. The number of aromatic nitrogens is 2. The van der Waals surface area contributed by atoms with Crippen molar-refractivity contribution in [3.63, 3.8) is 0 Å². The highest BCUT2D eigenvalue weighted by Crippen LogP contribution is 2.21. The van der Waals surface area contributed by atoms with Gasteiger partial charge in [0.05, 0.1) is 19.0 Å². The van der Waals surface area contributed by atoms with Gasteiger partial charge in [0.1, 0.15) is 5.82 Å². The number of nitrogens with one attached hydrogen (secondary N) is 1. The third-order valence-corrected chi connectivity index (χ3v) is 6.35. The number of carbonyl (C=O) groups excluding carboxylic acids is 1. The molecule has 1 aromatic carbocycles. The summed E-state index contributed by atoms with van der Waals surface area (Å²) < 4.78 is 26.4. The van der Waals surface area contributed by atoms with E-state index in [9.17, 15) is 13.2 Å². The summed E-state index contributed by atoms with van der Waals surface area (Å²) in [5, 5.41) is 7.26. The zero-order valence-corrected chi connectivity index (χ0v) is 17.3. The Labute approximate surface area is 166 Å². The van der Waals surface area contributed by atoms with Crippen LogP contribution < -0.4 is 10.2 Å². The van der Waals surface area contributed by atoms with Crippen molar-refractivity contribution in [1.82, 2.24) is 14.1 Å². The van der Waals surface area contributed by atoms with Gasteiger partial charge in [0.15, 0.2) is 0 Å². The second-order valence-electron chi connectivity index (χ2n) is 7.36. The molecule has 1 saturated heterocycles. The van der Waals surface area contributed by atoms with Crippen LogP contribution in [0.15, 0.2) is 36.5 Å². The van der Waals surface area contributed by atoms with Gasteiger partial charge in [-0.15, -0.1) is 0 Å². The molecule has 1 aromatic heterocycles. The fourth-order valence-corrected chi connectivity index (χ4v) is 4.19. The number of carbonyl (C=O) groups is 1. The number of amides is 1. The van der Waals surface area contributed by atoms with E-state index in [1.807, 2.05) is 43.3 Å². The predicted molar refractivity (Wildman–Crippen MR) is 110 cm³/mol. The molecule has 1 fully saturated rings. The van der Waals surface area contributed by atoms with Gasteiger partial charge in [-0.2, -0.15) is 5.10 Å². The lowest BCUT2D eigenvalue weighted by atomic mass is 9.97. The number of piperidine rings is 1. The molecule has 1 N–H and O–H groups in total. The van der Waals surface area contributed by atoms with Gasteiger partial charge in [0, 0.05) is 44.9 Å². The van der Waals surface area contributed by atoms with E-state index >= 15 is 0 Å². The molecule has 0 spiro atoms.